The fourth-order valence-electron chi connectivity index (χ4n) is 2.01. The molecule has 0 bridgehead atoms. The van der Waals surface area contributed by atoms with Crippen LogP contribution in [0.5, 0.6) is 0 Å². The van der Waals surface area contributed by atoms with Crippen molar-refractivity contribution in [1.29, 1.82) is 0 Å². The number of benzene rings is 1. The van der Waals surface area contributed by atoms with Gasteiger partial charge in [-0.25, -0.2) is 0 Å². The van der Waals surface area contributed by atoms with Gasteiger partial charge in [0.1, 0.15) is 0 Å². The third kappa shape index (κ3) is 10.7. The minimum Gasteiger partial charge on any atom is -0.466 e. The van der Waals surface area contributed by atoms with Crippen LogP contribution < -0.4 is 10.6 Å². The van der Waals surface area contributed by atoms with Crippen LogP contribution in [0.15, 0.2) is 29.3 Å². The normalized spacial score (nSPS) is 10.7. The molecule has 0 aromatic heterocycles. The first-order valence-electron chi connectivity index (χ1n) is 8.08. The van der Waals surface area contributed by atoms with E-state index in [2.05, 4.69) is 21.7 Å². The SMILES string of the molecule is CCNC(=NCCCC(=O)OCC)NCCc1cccc(Cl)c1.I. The van der Waals surface area contributed by atoms with Gasteiger partial charge in [-0.1, -0.05) is 23.7 Å². The molecule has 1 aromatic rings. The first kappa shape index (κ1) is 23.0. The number of carbonyl (C=O) groups is 1. The lowest BCUT2D eigenvalue weighted by Crippen LogP contribution is -2.38. The Hall–Kier alpha value is -1.02. The lowest BCUT2D eigenvalue weighted by molar-refractivity contribution is -0.143. The molecule has 0 heterocycles. The number of hydrogen-bond donors (Lipinski definition) is 2. The Morgan fingerprint density at radius 1 is 1.29 bits per heavy atom. The van der Waals surface area contributed by atoms with Crippen molar-refractivity contribution in [2.24, 2.45) is 4.99 Å². The summed E-state index contributed by atoms with van der Waals surface area (Å²) in [6.07, 6.45) is 1.96. The number of nitrogens with one attached hydrogen (secondary N) is 2. The maximum absolute atomic E-state index is 11.3. The highest BCUT2D eigenvalue weighted by Crippen LogP contribution is 2.10. The maximum Gasteiger partial charge on any atom is 0.305 e. The molecule has 1 aromatic carbocycles. The van der Waals surface area contributed by atoms with Gasteiger partial charge in [0.05, 0.1) is 6.61 Å². The first-order valence-corrected chi connectivity index (χ1v) is 8.45. The molecule has 7 heteroatoms. The molecule has 0 atom stereocenters. The Bertz CT molecular complexity index is 512. The van der Waals surface area contributed by atoms with Crippen molar-refractivity contribution in [3.63, 3.8) is 0 Å². The topological polar surface area (TPSA) is 62.7 Å². The van der Waals surface area contributed by atoms with E-state index in [-0.39, 0.29) is 29.9 Å². The third-order valence-corrected chi connectivity index (χ3v) is 3.29. The van der Waals surface area contributed by atoms with Gasteiger partial charge in [-0.3, -0.25) is 9.79 Å². The zero-order valence-corrected chi connectivity index (χ0v) is 17.4. The highest BCUT2D eigenvalue weighted by molar-refractivity contribution is 14.0. The smallest absolute Gasteiger partial charge is 0.305 e. The van der Waals surface area contributed by atoms with Crippen molar-refractivity contribution in [3.05, 3.63) is 34.9 Å². The van der Waals surface area contributed by atoms with Gasteiger partial charge in [-0.05, 0) is 44.4 Å². The maximum atomic E-state index is 11.3. The van der Waals surface area contributed by atoms with E-state index in [1.807, 2.05) is 32.0 Å². The summed E-state index contributed by atoms with van der Waals surface area (Å²) in [7, 11) is 0. The van der Waals surface area contributed by atoms with E-state index >= 15 is 0 Å². The van der Waals surface area contributed by atoms with Crippen LogP contribution in [0.25, 0.3) is 0 Å². The number of ether oxygens (including phenoxy) is 1. The fourth-order valence-corrected chi connectivity index (χ4v) is 2.22. The molecule has 0 fully saturated rings. The minimum absolute atomic E-state index is 0. The third-order valence-electron chi connectivity index (χ3n) is 3.05. The summed E-state index contributed by atoms with van der Waals surface area (Å²) in [6, 6.07) is 7.84. The van der Waals surface area contributed by atoms with Crippen LogP contribution in [0.3, 0.4) is 0 Å². The van der Waals surface area contributed by atoms with Gasteiger partial charge in [-0.2, -0.15) is 0 Å². The molecule has 0 saturated carbocycles. The van der Waals surface area contributed by atoms with Gasteiger partial charge in [0.2, 0.25) is 0 Å². The summed E-state index contributed by atoms with van der Waals surface area (Å²) < 4.78 is 4.89. The lowest BCUT2D eigenvalue weighted by atomic mass is 10.1. The van der Waals surface area contributed by atoms with Crippen LogP contribution in [0.1, 0.15) is 32.3 Å². The fraction of sp³-hybridized carbons (Fsp3) is 0.529. The zero-order chi connectivity index (χ0) is 16.9. The number of esters is 1. The monoisotopic (exact) mass is 467 g/mol. The Morgan fingerprint density at radius 2 is 2.08 bits per heavy atom. The number of aliphatic imine (C=N–C) groups is 1. The highest BCUT2D eigenvalue weighted by atomic mass is 127. The van der Waals surface area contributed by atoms with Crippen LogP contribution >= 0.6 is 35.6 Å². The summed E-state index contributed by atoms with van der Waals surface area (Å²) in [4.78, 5) is 15.7. The molecule has 0 radical (unpaired) electrons. The molecule has 0 aliphatic rings. The average molecular weight is 468 g/mol. The molecule has 2 N–H and O–H groups in total. The van der Waals surface area contributed by atoms with E-state index < -0.39 is 0 Å². The lowest BCUT2D eigenvalue weighted by Gasteiger charge is -2.11. The minimum atomic E-state index is -0.165. The number of rotatable bonds is 9. The van der Waals surface area contributed by atoms with Gasteiger partial charge < -0.3 is 15.4 Å². The second-order valence-corrected chi connectivity index (χ2v) is 5.41. The number of carbonyl (C=O) groups excluding carboxylic acids is 1. The van der Waals surface area contributed by atoms with Crippen LogP contribution in [-0.4, -0.2) is 38.2 Å². The van der Waals surface area contributed by atoms with E-state index in [0.717, 1.165) is 30.5 Å². The number of hydrogen-bond acceptors (Lipinski definition) is 3. The van der Waals surface area contributed by atoms with Gasteiger partial charge in [0.15, 0.2) is 5.96 Å². The molecular weight excluding hydrogens is 441 g/mol. The molecule has 5 nitrogen and oxygen atoms in total. The summed E-state index contributed by atoms with van der Waals surface area (Å²) in [5.41, 5.74) is 1.18. The van der Waals surface area contributed by atoms with Crippen LogP contribution in [0.2, 0.25) is 5.02 Å². The Balaban J connectivity index is 0.00000529. The second kappa shape index (κ2) is 14.3. The Morgan fingerprint density at radius 3 is 2.75 bits per heavy atom. The molecule has 0 amide bonds. The molecule has 0 aliphatic carbocycles. The van der Waals surface area contributed by atoms with Gasteiger partial charge >= 0.3 is 5.97 Å². The van der Waals surface area contributed by atoms with Crippen molar-refractivity contribution < 1.29 is 9.53 Å². The summed E-state index contributed by atoms with van der Waals surface area (Å²) in [6.45, 7) is 6.40. The molecule has 24 heavy (non-hydrogen) atoms. The van der Waals surface area contributed by atoms with Crippen molar-refractivity contribution in [2.75, 3.05) is 26.2 Å². The molecule has 0 saturated heterocycles. The van der Waals surface area contributed by atoms with E-state index in [9.17, 15) is 4.79 Å². The Kier molecular flexibility index (Phi) is 13.7. The molecule has 0 spiro atoms. The van der Waals surface area contributed by atoms with Crippen LogP contribution in [0, 0.1) is 0 Å². The van der Waals surface area contributed by atoms with Gasteiger partial charge in [0.25, 0.3) is 0 Å². The number of nitrogens with zero attached hydrogens (tertiary/aromatic N) is 1. The highest BCUT2D eigenvalue weighted by Gasteiger charge is 2.02. The molecule has 0 unspecified atom stereocenters. The van der Waals surface area contributed by atoms with E-state index in [1.54, 1.807) is 0 Å². The van der Waals surface area contributed by atoms with E-state index in [1.165, 1.54) is 5.56 Å². The van der Waals surface area contributed by atoms with Crippen molar-refractivity contribution >= 4 is 47.5 Å². The zero-order valence-electron chi connectivity index (χ0n) is 14.3. The first-order chi connectivity index (χ1) is 11.2. The standard InChI is InChI=1S/C17H26ClN3O2.HI/c1-3-19-17(20-11-6-9-16(22)23-4-2)21-12-10-14-7-5-8-15(18)13-14;/h5,7-8,13H,3-4,6,9-12H2,1-2H3,(H2,19,20,21);1H. The van der Waals surface area contributed by atoms with Gasteiger partial charge in [0, 0.05) is 31.1 Å². The summed E-state index contributed by atoms with van der Waals surface area (Å²) >= 11 is 5.97. The molecular formula is C17H27ClIN3O2. The molecule has 136 valence electrons. The Labute approximate surface area is 166 Å². The van der Waals surface area contributed by atoms with E-state index in [0.29, 0.717) is 26.0 Å². The largest absolute Gasteiger partial charge is 0.466 e. The van der Waals surface area contributed by atoms with E-state index in [4.69, 9.17) is 16.3 Å². The summed E-state index contributed by atoms with van der Waals surface area (Å²) in [5, 5.41) is 7.22. The van der Waals surface area contributed by atoms with Gasteiger partial charge in [-0.15, -0.1) is 24.0 Å². The van der Waals surface area contributed by atoms with Crippen LogP contribution in [0.4, 0.5) is 0 Å². The molecule has 1 rings (SSSR count). The number of halogens is 2. The van der Waals surface area contributed by atoms with Crippen LogP contribution in [-0.2, 0) is 16.0 Å². The van der Waals surface area contributed by atoms with Crippen molar-refractivity contribution in [3.8, 4) is 0 Å². The second-order valence-electron chi connectivity index (χ2n) is 4.98. The predicted molar refractivity (Wildman–Crippen MR) is 110 cm³/mol. The summed E-state index contributed by atoms with van der Waals surface area (Å²) in [5.74, 6) is 0.597. The number of guanidine groups is 1. The predicted octanol–water partition coefficient (Wildman–Crippen LogP) is 3.40. The van der Waals surface area contributed by atoms with Crippen molar-refractivity contribution in [2.45, 2.75) is 33.1 Å². The molecule has 0 aliphatic heterocycles. The quantitative estimate of drug-likeness (QED) is 0.192. The average Bonchev–Trinajstić information content (AvgIpc) is 2.52. The van der Waals surface area contributed by atoms with Crippen molar-refractivity contribution in [1.82, 2.24) is 10.6 Å².